The molecule has 3 nitrogen and oxygen atoms in total. The third kappa shape index (κ3) is 1.75. The normalized spacial score (nSPS) is 17.3. The smallest absolute Gasteiger partial charge is 0.235 e. The van der Waals surface area contributed by atoms with Crippen LogP contribution in [0.3, 0.4) is 0 Å². The zero-order chi connectivity index (χ0) is 11.6. The quantitative estimate of drug-likeness (QED) is 0.498. The lowest BCUT2D eigenvalue weighted by Gasteiger charge is -2.37. The van der Waals surface area contributed by atoms with Gasteiger partial charge in [0, 0.05) is 10.5 Å². The Balaban J connectivity index is 2.43. The Morgan fingerprint density at radius 3 is 2.69 bits per heavy atom. The molecular weight excluding hydrogens is 222 g/mol. The van der Waals surface area contributed by atoms with Crippen LogP contribution in [0, 0.1) is 0 Å². The number of aliphatic imine (C=N–C) groups is 1. The third-order valence-electron chi connectivity index (χ3n) is 3.15. The maximum Gasteiger partial charge on any atom is 0.235 e. The Bertz CT molecular complexity index is 448. The number of isocyanates is 1. The summed E-state index contributed by atoms with van der Waals surface area (Å²) in [5.74, 6) is 0.227. The molecule has 1 saturated carbocycles. The lowest BCUT2D eigenvalue weighted by atomic mass is 9.72. The van der Waals surface area contributed by atoms with Crippen molar-refractivity contribution in [3.8, 4) is 5.75 Å². The van der Waals surface area contributed by atoms with Gasteiger partial charge >= 0.3 is 0 Å². The van der Waals surface area contributed by atoms with E-state index in [1.807, 2.05) is 18.4 Å². The fourth-order valence-corrected chi connectivity index (χ4v) is 2.51. The highest BCUT2D eigenvalue weighted by Crippen LogP contribution is 2.48. The van der Waals surface area contributed by atoms with Gasteiger partial charge in [0.15, 0.2) is 0 Å². The Morgan fingerprint density at radius 2 is 2.25 bits per heavy atom. The van der Waals surface area contributed by atoms with Gasteiger partial charge in [0.2, 0.25) is 6.08 Å². The van der Waals surface area contributed by atoms with Gasteiger partial charge in [0.25, 0.3) is 0 Å². The van der Waals surface area contributed by atoms with Gasteiger partial charge in [0.05, 0.1) is 0 Å². The summed E-state index contributed by atoms with van der Waals surface area (Å²) in [6, 6.07) is 5.53. The first-order valence-electron chi connectivity index (χ1n) is 5.18. The number of phenols is 1. The molecule has 1 N–H and O–H groups in total. The average Bonchev–Trinajstić information content (AvgIpc) is 2.24. The summed E-state index contributed by atoms with van der Waals surface area (Å²) in [7, 11) is 0. The minimum atomic E-state index is -0.511. The molecule has 0 saturated heterocycles. The molecule has 0 bridgehead atoms. The maximum atomic E-state index is 10.4. The highest BCUT2D eigenvalue weighted by atomic mass is 32.2. The van der Waals surface area contributed by atoms with Crippen molar-refractivity contribution in [1.82, 2.24) is 0 Å². The molecule has 0 radical (unpaired) electrons. The van der Waals surface area contributed by atoms with Crippen molar-refractivity contribution in [3.05, 3.63) is 23.8 Å². The van der Waals surface area contributed by atoms with Crippen molar-refractivity contribution in [2.24, 2.45) is 4.99 Å². The number of phenolic OH excluding ortho intramolecular Hbond substituents is 1. The van der Waals surface area contributed by atoms with Crippen LogP contribution in [-0.2, 0) is 10.3 Å². The van der Waals surface area contributed by atoms with Gasteiger partial charge in [-0.25, -0.2) is 4.79 Å². The standard InChI is InChI=1S/C12H13NO2S/c1-16-9-3-4-10(11(15)7-9)12(13-8-14)5-2-6-12/h3-4,7,15H,2,5-6H2,1H3. The van der Waals surface area contributed by atoms with Crippen molar-refractivity contribution in [3.63, 3.8) is 0 Å². The van der Waals surface area contributed by atoms with Crippen LogP contribution in [0.15, 0.2) is 28.1 Å². The maximum absolute atomic E-state index is 10.4. The van der Waals surface area contributed by atoms with E-state index in [0.29, 0.717) is 0 Å². The van der Waals surface area contributed by atoms with Crippen LogP contribution in [0.2, 0.25) is 0 Å². The van der Waals surface area contributed by atoms with E-state index in [9.17, 15) is 9.90 Å². The van der Waals surface area contributed by atoms with E-state index in [-0.39, 0.29) is 5.75 Å². The van der Waals surface area contributed by atoms with Crippen LogP contribution in [0.1, 0.15) is 24.8 Å². The van der Waals surface area contributed by atoms with Crippen LogP contribution in [-0.4, -0.2) is 17.4 Å². The average molecular weight is 235 g/mol. The van der Waals surface area contributed by atoms with Gasteiger partial charge in [-0.1, -0.05) is 6.07 Å². The molecule has 0 aliphatic heterocycles. The Labute approximate surface area is 98.6 Å². The summed E-state index contributed by atoms with van der Waals surface area (Å²) >= 11 is 1.57. The highest BCUT2D eigenvalue weighted by molar-refractivity contribution is 7.98. The van der Waals surface area contributed by atoms with Crippen LogP contribution < -0.4 is 0 Å². The molecule has 0 atom stereocenters. The van der Waals surface area contributed by atoms with Crippen LogP contribution >= 0.6 is 11.8 Å². The number of nitrogens with zero attached hydrogens (tertiary/aromatic N) is 1. The first-order chi connectivity index (χ1) is 7.72. The van der Waals surface area contributed by atoms with Crippen molar-refractivity contribution in [2.75, 3.05) is 6.26 Å². The van der Waals surface area contributed by atoms with Gasteiger partial charge in [-0.05, 0) is 37.7 Å². The van der Waals surface area contributed by atoms with E-state index < -0.39 is 5.54 Å². The second kappa shape index (κ2) is 4.32. The van der Waals surface area contributed by atoms with E-state index in [4.69, 9.17) is 0 Å². The molecule has 1 aromatic carbocycles. The lowest BCUT2D eigenvalue weighted by Crippen LogP contribution is -2.31. The van der Waals surface area contributed by atoms with Crippen LogP contribution in [0.4, 0.5) is 0 Å². The fourth-order valence-electron chi connectivity index (χ4n) is 2.07. The Morgan fingerprint density at radius 1 is 1.50 bits per heavy atom. The molecule has 16 heavy (non-hydrogen) atoms. The van der Waals surface area contributed by atoms with Crippen molar-refractivity contribution in [2.45, 2.75) is 29.7 Å². The zero-order valence-corrected chi connectivity index (χ0v) is 9.88. The molecule has 0 spiro atoms. The molecule has 1 fully saturated rings. The van der Waals surface area contributed by atoms with E-state index in [1.165, 1.54) is 0 Å². The lowest BCUT2D eigenvalue weighted by molar-refractivity contribution is 0.247. The molecule has 0 unspecified atom stereocenters. The van der Waals surface area contributed by atoms with Gasteiger partial charge in [-0.3, -0.25) is 0 Å². The van der Waals surface area contributed by atoms with E-state index in [0.717, 1.165) is 29.7 Å². The number of rotatable bonds is 3. The number of hydrogen-bond acceptors (Lipinski definition) is 4. The second-order valence-electron chi connectivity index (χ2n) is 3.97. The molecule has 1 aromatic rings. The zero-order valence-electron chi connectivity index (χ0n) is 9.06. The molecule has 0 heterocycles. The Hall–Kier alpha value is -1.25. The summed E-state index contributed by atoms with van der Waals surface area (Å²) in [5, 5.41) is 9.95. The number of carbonyl (C=O) groups excluding carboxylic acids is 1. The van der Waals surface area contributed by atoms with Crippen LogP contribution in [0.25, 0.3) is 0 Å². The predicted octanol–water partition coefficient (Wildman–Crippen LogP) is 2.83. The number of hydrogen-bond donors (Lipinski definition) is 1. The molecular formula is C12H13NO2S. The largest absolute Gasteiger partial charge is 0.508 e. The first-order valence-corrected chi connectivity index (χ1v) is 6.41. The molecule has 84 valence electrons. The SMILES string of the molecule is CSc1ccc(C2(N=C=O)CCC2)c(O)c1. The summed E-state index contributed by atoms with van der Waals surface area (Å²) < 4.78 is 0. The number of benzene rings is 1. The van der Waals surface area contributed by atoms with Gasteiger partial charge in [-0.2, -0.15) is 4.99 Å². The summed E-state index contributed by atoms with van der Waals surface area (Å²) in [5.41, 5.74) is 0.239. The van der Waals surface area contributed by atoms with Gasteiger partial charge in [0.1, 0.15) is 11.3 Å². The molecule has 1 aliphatic rings. The van der Waals surface area contributed by atoms with Crippen LogP contribution in [0.5, 0.6) is 5.75 Å². The molecule has 0 amide bonds. The predicted molar refractivity (Wildman–Crippen MR) is 63.5 cm³/mol. The summed E-state index contributed by atoms with van der Waals surface area (Å²) in [6.45, 7) is 0. The second-order valence-corrected chi connectivity index (χ2v) is 4.85. The molecule has 0 aromatic heterocycles. The summed E-state index contributed by atoms with van der Waals surface area (Å²) in [6.07, 6.45) is 6.24. The first kappa shape index (κ1) is 11.2. The molecule has 2 rings (SSSR count). The fraction of sp³-hybridized carbons (Fsp3) is 0.417. The molecule has 4 heteroatoms. The van der Waals surface area contributed by atoms with E-state index in [1.54, 1.807) is 23.9 Å². The highest BCUT2D eigenvalue weighted by Gasteiger charge is 2.40. The topological polar surface area (TPSA) is 49.7 Å². The van der Waals surface area contributed by atoms with Gasteiger partial charge in [-0.15, -0.1) is 11.8 Å². The monoisotopic (exact) mass is 235 g/mol. The third-order valence-corrected chi connectivity index (χ3v) is 3.87. The minimum absolute atomic E-state index is 0.227. The van der Waals surface area contributed by atoms with Crippen molar-refractivity contribution < 1.29 is 9.90 Å². The summed E-state index contributed by atoms with van der Waals surface area (Å²) in [4.78, 5) is 15.3. The number of thioether (sulfide) groups is 1. The molecule has 1 aliphatic carbocycles. The van der Waals surface area contributed by atoms with Crippen molar-refractivity contribution >= 4 is 17.8 Å². The Kier molecular flexibility index (Phi) is 3.03. The van der Waals surface area contributed by atoms with Gasteiger partial charge < -0.3 is 5.11 Å². The van der Waals surface area contributed by atoms with E-state index in [2.05, 4.69) is 4.99 Å². The minimum Gasteiger partial charge on any atom is -0.508 e. The number of aromatic hydroxyl groups is 1. The van der Waals surface area contributed by atoms with Crippen molar-refractivity contribution in [1.29, 1.82) is 0 Å². The van der Waals surface area contributed by atoms with E-state index >= 15 is 0 Å².